The molecule has 27 heavy (non-hydrogen) atoms. The van der Waals surface area contributed by atoms with E-state index in [9.17, 15) is 14.7 Å². The molecule has 0 aromatic heterocycles. The van der Waals surface area contributed by atoms with Gasteiger partial charge in [0.05, 0.1) is 19.8 Å². The molecule has 2 aromatic carbocycles. The van der Waals surface area contributed by atoms with Crippen LogP contribution >= 0.6 is 0 Å². The number of para-hydroxylation sites is 1. The first kappa shape index (κ1) is 20.5. The van der Waals surface area contributed by atoms with E-state index in [0.717, 1.165) is 5.56 Å². The van der Waals surface area contributed by atoms with Gasteiger partial charge in [0.15, 0.2) is 5.75 Å². The molecule has 0 aliphatic heterocycles. The fraction of sp³-hybridized carbons (Fsp3) is 0.333. The summed E-state index contributed by atoms with van der Waals surface area (Å²) in [5.41, 5.74) is 0.446. The largest absolute Gasteiger partial charge is 0.465 e. The highest BCUT2D eigenvalue weighted by Crippen LogP contribution is 2.31. The van der Waals surface area contributed by atoms with Crippen molar-refractivity contribution in [1.82, 2.24) is 0 Å². The summed E-state index contributed by atoms with van der Waals surface area (Å²) in [5.74, 6) is -0.691. The van der Waals surface area contributed by atoms with Crippen LogP contribution in [0.2, 0.25) is 0 Å². The van der Waals surface area contributed by atoms with Crippen LogP contribution in [0, 0.1) is 0 Å². The predicted molar refractivity (Wildman–Crippen MR) is 100 cm³/mol. The maximum absolute atomic E-state index is 12.1. The third kappa shape index (κ3) is 5.56. The molecular formula is C21H24O6. The van der Waals surface area contributed by atoms with Gasteiger partial charge in [-0.05, 0) is 56.5 Å². The van der Waals surface area contributed by atoms with Gasteiger partial charge >= 0.3 is 11.9 Å². The number of aliphatic hydroxyl groups is 1. The smallest absolute Gasteiger partial charge is 0.341 e. The van der Waals surface area contributed by atoms with E-state index in [1.165, 1.54) is 26.4 Å². The van der Waals surface area contributed by atoms with Gasteiger partial charge < -0.3 is 19.3 Å². The SMILES string of the molecule is COC(=O)c1cccc(C(=O)OC)c1Oc1cccc(CCC(C)(C)O)c1. The van der Waals surface area contributed by atoms with E-state index >= 15 is 0 Å². The zero-order valence-electron chi connectivity index (χ0n) is 15.9. The fourth-order valence-corrected chi connectivity index (χ4v) is 2.52. The molecule has 0 saturated carbocycles. The summed E-state index contributed by atoms with van der Waals surface area (Å²) in [5, 5.41) is 9.90. The summed E-state index contributed by atoms with van der Waals surface area (Å²) >= 11 is 0. The molecule has 1 N–H and O–H groups in total. The lowest BCUT2D eigenvalue weighted by molar-refractivity contribution is 0.0592. The summed E-state index contributed by atoms with van der Waals surface area (Å²) in [4.78, 5) is 24.2. The van der Waals surface area contributed by atoms with Crippen molar-refractivity contribution in [2.24, 2.45) is 0 Å². The van der Waals surface area contributed by atoms with E-state index < -0.39 is 17.5 Å². The van der Waals surface area contributed by atoms with Crippen LogP contribution in [0.1, 0.15) is 46.5 Å². The Morgan fingerprint density at radius 1 is 0.963 bits per heavy atom. The molecule has 2 rings (SSSR count). The first-order valence-corrected chi connectivity index (χ1v) is 8.54. The first-order valence-electron chi connectivity index (χ1n) is 8.54. The standard InChI is InChI=1S/C21H24O6/c1-21(2,24)12-11-14-7-5-8-15(13-14)27-18-16(19(22)25-3)9-6-10-17(18)20(23)26-4/h5-10,13,24H,11-12H2,1-4H3. The van der Waals surface area contributed by atoms with E-state index in [0.29, 0.717) is 18.6 Å². The average Bonchev–Trinajstić information content (AvgIpc) is 2.65. The van der Waals surface area contributed by atoms with Crippen LogP contribution in [-0.4, -0.2) is 36.9 Å². The van der Waals surface area contributed by atoms with E-state index in [-0.39, 0.29) is 16.9 Å². The second kappa shape index (κ2) is 8.68. The van der Waals surface area contributed by atoms with Crippen molar-refractivity contribution in [3.63, 3.8) is 0 Å². The quantitative estimate of drug-likeness (QED) is 0.746. The Morgan fingerprint density at radius 3 is 2.04 bits per heavy atom. The topological polar surface area (TPSA) is 82.1 Å². The Balaban J connectivity index is 2.38. The highest BCUT2D eigenvalue weighted by Gasteiger charge is 2.22. The van der Waals surface area contributed by atoms with Gasteiger partial charge in [0.2, 0.25) is 0 Å². The van der Waals surface area contributed by atoms with Crippen molar-refractivity contribution < 1.29 is 28.9 Å². The summed E-state index contributed by atoms with van der Waals surface area (Å²) in [6.45, 7) is 3.51. The van der Waals surface area contributed by atoms with Gasteiger partial charge in [-0.2, -0.15) is 0 Å². The molecule has 0 atom stereocenters. The Labute approximate surface area is 158 Å². The number of aryl methyl sites for hydroxylation is 1. The number of ether oxygens (including phenoxy) is 3. The number of carbonyl (C=O) groups is 2. The van der Waals surface area contributed by atoms with E-state index in [1.807, 2.05) is 12.1 Å². The summed E-state index contributed by atoms with van der Waals surface area (Å²) in [6, 6.07) is 11.9. The maximum atomic E-state index is 12.1. The van der Waals surface area contributed by atoms with Crippen LogP contribution in [0.3, 0.4) is 0 Å². The average molecular weight is 372 g/mol. The number of esters is 2. The minimum absolute atomic E-state index is 0.0795. The van der Waals surface area contributed by atoms with E-state index in [2.05, 4.69) is 0 Å². The molecule has 0 unspecified atom stereocenters. The molecule has 2 aromatic rings. The van der Waals surface area contributed by atoms with E-state index in [4.69, 9.17) is 14.2 Å². The second-order valence-corrected chi connectivity index (χ2v) is 6.73. The molecule has 0 fully saturated rings. The summed E-state index contributed by atoms with van der Waals surface area (Å²) in [6.07, 6.45) is 1.24. The molecule has 0 spiro atoms. The summed E-state index contributed by atoms with van der Waals surface area (Å²) in [7, 11) is 2.52. The van der Waals surface area contributed by atoms with Crippen molar-refractivity contribution in [1.29, 1.82) is 0 Å². The lowest BCUT2D eigenvalue weighted by Crippen LogP contribution is -2.19. The molecule has 6 heteroatoms. The van der Waals surface area contributed by atoms with Crippen molar-refractivity contribution in [3.05, 3.63) is 59.2 Å². The predicted octanol–water partition coefficient (Wildman–Crippen LogP) is 3.76. The fourth-order valence-electron chi connectivity index (χ4n) is 2.52. The number of hydrogen-bond acceptors (Lipinski definition) is 6. The van der Waals surface area contributed by atoms with Crippen molar-refractivity contribution in [3.8, 4) is 11.5 Å². The third-order valence-electron chi connectivity index (χ3n) is 3.97. The number of carbonyl (C=O) groups excluding carboxylic acids is 2. The molecule has 0 amide bonds. The van der Waals surface area contributed by atoms with Crippen LogP contribution in [0.15, 0.2) is 42.5 Å². The van der Waals surface area contributed by atoms with Crippen LogP contribution in [0.4, 0.5) is 0 Å². The molecule has 0 radical (unpaired) electrons. The molecule has 0 aliphatic rings. The summed E-state index contributed by atoms with van der Waals surface area (Å²) < 4.78 is 15.5. The lowest BCUT2D eigenvalue weighted by atomic mass is 9.99. The van der Waals surface area contributed by atoms with Crippen LogP contribution in [-0.2, 0) is 15.9 Å². The molecule has 0 heterocycles. The molecule has 0 saturated heterocycles. The number of rotatable bonds is 7. The number of hydrogen-bond donors (Lipinski definition) is 1. The van der Waals surface area contributed by atoms with Crippen molar-refractivity contribution in [2.45, 2.75) is 32.3 Å². The zero-order chi connectivity index (χ0) is 20.0. The van der Waals surface area contributed by atoms with Gasteiger partial charge in [-0.15, -0.1) is 0 Å². The van der Waals surface area contributed by atoms with Crippen LogP contribution < -0.4 is 4.74 Å². The van der Waals surface area contributed by atoms with E-state index in [1.54, 1.807) is 32.0 Å². The maximum Gasteiger partial charge on any atom is 0.341 e. The van der Waals surface area contributed by atoms with Crippen molar-refractivity contribution in [2.75, 3.05) is 14.2 Å². The molecule has 144 valence electrons. The number of methoxy groups -OCH3 is 2. The molecule has 0 bridgehead atoms. The van der Waals surface area contributed by atoms with Crippen LogP contribution in [0.5, 0.6) is 11.5 Å². The Hall–Kier alpha value is -2.86. The molecule has 0 aliphatic carbocycles. The highest BCUT2D eigenvalue weighted by molar-refractivity contribution is 6.00. The second-order valence-electron chi connectivity index (χ2n) is 6.73. The minimum Gasteiger partial charge on any atom is -0.465 e. The van der Waals surface area contributed by atoms with Gasteiger partial charge in [-0.25, -0.2) is 9.59 Å². The first-order chi connectivity index (χ1) is 12.7. The lowest BCUT2D eigenvalue weighted by Gasteiger charge is -2.17. The third-order valence-corrected chi connectivity index (χ3v) is 3.97. The molecular weight excluding hydrogens is 348 g/mol. The monoisotopic (exact) mass is 372 g/mol. The van der Waals surface area contributed by atoms with Crippen molar-refractivity contribution >= 4 is 11.9 Å². The van der Waals surface area contributed by atoms with Gasteiger partial charge in [0.1, 0.15) is 16.9 Å². The molecule has 6 nitrogen and oxygen atoms in total. The minimum atomic E-state index is -0.771. The van der Waals surface area contributed by atoms with Gasteiger partial charge in [-0.3, -0.25) is 0 Å². The van der Waals surface area contributed by atoms with Gasteiger partial charge in [-0.1, -0.05) is 18.2 Å². The Bertz CT molecular complexity index is 785. The normalized spacial score (nSPS) is 11.0. The van der Waals surface area contributed by atoms with Crippen LogP contribution in [0.25, 0.3) is 0 Å². The highest BCUT2D eigenvalue weighted by atomic mass is 16.5. The number of benzene rings is 2. The Kier molecular flexibility index (Phi) is 6.58. The van der Waals surface area contributed by atoms with Gasteiger partial charge in [0, 0.05) is 0 Å². The Morgan fingerprint density at radius 2 is 1.52 bits per heavy atom. The zero-order valence-corrected chi connectivity index (χ0v) is 15.9. The van der Waals surface area contributed by atoms with Gasteiger partial charge in [0.25, 0.3) is 0 Å².